The summed E-state index contributed by atoms with van der Waals surface area (Å²) < 4.78 is 4.99. The molecule has 0 spiro atoms. The van der Waals surface area contributed by atoms with Crippen LogP contribution in [0.1, 0.15) is 24.0 Å². The normalized spacial score (nSPS) is 12.1. The highest BCUT2D eigenvalue weighted by atomic mass is 16.5. The highest BCUT2D eigenvalue weighted by Gasteiger charge is 2.02. The van der Waals surface area contributed by atoms with Crippen molar-refractivity contribution in [2.75, 3.05) is 7.11 Å². The van der Waals surface area contributed by atoms with Gasteiger partial charge in [-0.05, 0) is 18.1 Å². The summed E-state index contributed by atoms with van der Waals surface area (Å²) in [6.07, 6.45) is 0. The number of hydrogen-bond donors (Lipinski definition) is 0. The van der Waals surface area contributed by atoms with Crippen molar-refractivity contribution in [3.05, 3.63) is 35.4 Å². The van der Waals surface area contributed by atoms with Gasteiger partial charge < -0.3 is 4.74 Å². The molecule has 0 amide bonds. The highest BCUT2D eigenvalue weighted by Crippen LogP contribution is 2.14. The lowest BCUT2D eigenvalue weighted by molar-refractivity contribution is 0.185. The zero-order valence-electron chi connectivity index (χ0n) is 7.95. The molecule has 0 saturated carbocycles. The first-order valence-corrected chi connectivity index (χ1v) is 4.25. The minimum atomic E-state index is -0.0309. The highest BCUT2D eigenvalue weighted by molar-refractivity contribution is 5.27. The lowest BCUT2D eigenvalue weighted by Gasteiger charge is -2.04. The third kappa shape index (κ3) is 2.57. The van der Waals surface area contributed by atoms with Crippen LogP contribution < -0.4 is 0 Å². The van der Waals surface area contributed by atoms with Gasteiger partial charge in [0, 0.05) is 7.11 Å². The van der Waals surface area contributed by atoms with Gasteiger partial charge in [-0.1, -0.05) is 24.3 Å². The number of benzene rings is 1. The number of ether oxygens (including phenoxy) is 1. The lowest BCUT2D eigenvalue weighted by Crippen LogP contribution is -1.91. The maximum atomic E-state index is 8.69. The van der Waals surface area contributed by atoms with E-state index in [0.717, 1.165) is 11.1 Å². The summed E-state index contributed by atoms with van der Waals surface area (Å²) in [5.41, 5.74) is 2.19. The smallest absolute Gasteiger partial charge is 0.0713 e. The van der Waals surface area contributed by atoms with E-state index in [-0.39, 0.29) is 5.92 Å². The molecule has 0 bridgehead atoms. The second-order valence-corrected chi connectivity index (χ2v) is 3.03. The standard InChI is InChI=1S/C11H13NO/c1-9(7-12)11-5-3-10(4-6-11)8-13-2/h3-6,9H,8H2,1-2H3. The molecular weight excluding hydrogens is 162 g/mol. The molecule has 0 aliphatic rings. The van der Waals surface area contributed by atoms with Crippen LogP contribution in [0, 0.1) is 11.3 Å². The van der Waals surface area contributed by atoms with Gasteiger partial charge in [0.25, 0.3) is 0 Å². The fourth-order valence-electron chi connectivity index (χ4n) is 1.14. The third-order valence-electron chi connectivity index (χ3n) is 1.98. The first-order valence-electron chi connectivity index (χ1n) is 4.25. The van der Waals surface area contributed by atoms with Crippen LogP contribution in [0.3, 0.4) is 0 Å². The van der Waals surface area contributed by atoms with Crippen molar-refractivity contribution in [2.45, 2.75) is 19.4 Å². The molecule has 0 N–H and O–H groups in total. The van der Waals surface area contributed by atoms with Gasteiger partial charge in [-0.25, -0.2) is 0 Å². The van der Waals surface area contributed by atoms with E-state index in [0.29, 0.717) is 6.61 Å². The maximum absolute atomic E-state index is 8.69. The van der Waals surface area contributed by atoms with Crippen LogP contribution in [0.25, 0.3) is 0 Å². The minimum Gasteiger partial charge on any atom is -0.380 e. The van der Waals surface area contributed by atoms with Gasteiger partial charge in [0.15, 0.2) is 0 Å². The van der Waals surface area contributed by atoms with E-state index in [2.05, 4.69) is 6.07 Å². The Hall–Kier alpha value is -1.33. The Morgan fingerprint density at radius 1 is 1.38 bits per heavy atom. The summed E-state index contributed by atoms with van der Waals surface area (Å²) in [7, 11) is 1.67. The van der Waals surface area contributed by atoms with Crippen LogP contribution in [-0.4, -0.2) is 7.11 Å². The zero-order valence-corrected chi connectivity index (χ0v) is 7.95. The van der Waals surface area contributed by atoms with Gasteiger partial charge in [0.2, 0.25) is 0 Å². The molecule has 0 heterocycles. The molecule has 1 aromatic carbocycles. The Morgan fingerprint density at radius 3 is 2.46 bits per heavy atom. The first-order chi connectivity index (χ1) is 6.27. The second kappa shape index (κ2) is 4.64. The summed E-state index contributed by atoms with van der Waals surface area (Å²) in [6.45, 7) is 2.52. The average molecular weight is 175 g/mol. The number of methoxy groups -OCH3 is 1. The zero-order chi connectivity index (χ0) is 9.68. The molecule has 0 saturated heterocycles. The van der Waals surface area contributed by atoms with Crippen molar-refractivity contribution in [1.29, 1.82) is 5.26 Å². The Morgan fingerprint density at radius 2 is 2.00 bits per heavy atom. The van der Waals surface area contributed by atoms with Crippen LogP contribution >= 0.6 is 0 Å². The van der Waals surface area contributed by atoms with E-state index in [1.807, 2.05) is 31.2 Å². The summed E-state index contributed by atoms with van der Waals surface area (Å²) in [4.78, 5) is 0. The Kier molecular flexibility index (Phi) is 3.48. The van der Waals surface area contributed by atoms with E-state index in [9.17, 15) is 0 Å². The number of nitrogens with zero attached hydrogens (tertiary/aromatic N) is 1. The molecule has 1 atom stereocenters. The lowest BCUT2D eigenvalue weighted by atomic mass is 10.0. The Labute approximate surface area is 78.8 Å². The Balaban J connectivity index is 2.76. The molecular formula is C11H13NO. The van der Waals surface area contributed by atoms with E-state index in [1.54, 1.807) is 7.11 Å². The van der Waals surface area contributed by atoms with E-state index in [1.165, 1.54) is 0 Å². The van der Waals surface area contributed by atoms with Gasteiger partial charge >= 0.3 is 0 Å². The van der Waals surface area contributed by atoms with Gasteiger partial charge in [-0.3, -0.25) is 0 Å². The van der Waals surface area contributed by atoms with Crippen LogP contribution in [0.15, 0.2) is 24.3 Å². The molecule has 1 rings (SSSR count). The number of nitriles is 1. The van der Waals surface area contributed by atoms with Gasteiger partial charge in [-0.2, -0.15) is 5.26 Å². The van der Waals surface area contributed by atoms with Crippen molar-refractivity contribution in [3.8, 4) is 6.07 Å². The molecule has 13 heavy (non-hydrogen) atoms. The molecule has 1 aromatic rings. The van der Waals surface area contributed by atoms with Gasteiger partial charge in [0.05, 0.1) is 18.6 Å². The molecule has 1 unspecified atom stereocenters. The molecule has 68 valence electrons. The maximum Gasteiger partial charge on any atom is 0.0713 e. The average Bonchev–Trinajstić information content (AvgIpc) is 2.18. The SMILES string of the molecule is COCc1ccc(C(C)C#N)cc1. The van der Waals surface area contributed by atoms with Crippen molar-refractivity contribution in [3.63, 3.8) is 0 Å². The summed E-state index contributed by atoms with van der Waals surface area (Å²) in [6, 6.07) is 10.1. The van der Waals surface area contributed by atoms with Gasteiger partial charge in [0.1, 0.15) is 0 Å². The molecule has 0 aromatic heterocycles. The van der Waals surface area contributed by atoms with E-state index >= 15 is 0 Å². The van der Waals surface area contributed by atoms with Crippen molar-refractivity contribution >= 4 is 0 Å². The molecule has 2 nitrogen and oxygen atoms in total. The van der Waals surface area contributed by atoms with Crippen LogP contribution in [0.5, 0.6) is 0 Å². The molecule has 0 radical (unpaired) electrons. The molecule has 0 aliphatic heterocycles. The van der Waals surface area contributed by atoms with Crippen LogP contribution in [0.4, 0.5) is 0 Å². The summed E-state index contributed by atoms with van der Waals surface area (Å²) in [5.74, 6) is -0.0309. The monoisotopic (exact) mass is 175 g/mol. The predicted molar refractivity (Wildman–Crippen MR) is 51.2 cm³/mol. The van der Waals surface area contributed by atoms with Gasteiger partial charge in [-0.15, -0.1) is 0 Å². The van der Waals surface area contributed by atoms with E-state index in [4.69, 9.17) is 10.00 Å². The van der Waals surface area contributed by atoms with Crippen molar-refractivity contribution in [2.24, 2.45) is 0 Å². The molecule has 0 fully saturated rings. The Bertz CT molecular complexity index is 297. The second-order valence-electron chi connectivity index (χ2n) is 3.03. The quantitative estimate of drug-likeness (QED) is 0.707. The van der Waals surface area contributed by atoms with Crippen LogP contribution in [0.2, 0.25) is 0 Å². The summed E-state index contributed by atoms with van der Waals surface area (Å²) in [5, 5.41) is 8.69. The largest absolute Gasteiger partial charge is 0.380 e. The predicted octanol–water partition coefficient (Wildman–Crippen LogP) is 2.46. The van der Waals surface area contributed by atoms with Crippen LogP contribution in [-0.2, 0) is 11.3 Å². The molecule has 2 heteroatoms. The first kappa shape index (κ1) is 9.76. The topological polar surface area (TPSA) is 33.0 Å². The molecule has 0 aliphatic carbocycles. The number of hydrogen-bond acceptors (Lipinski definition) is 2. The summed E-state index contributed by atoms with van der Waals surface area (Å²) >= 11 is 0. The van der Waals surface area contributed by atoms with Crippen molar-refractivity contribution in [1.82, 2.24) is 0 Å². The fraction of sp³-hybridized carbons (Fsp3) is 0.364. The van der Waals surface area contributed by atoms with Crippen molar-refractivity contribution < 1.29 is 4.74 Å². The number of rotatable bonds is 3. The van der Waals surface area contributed by atoms with E-state index < -0.39 is 0 Å². The fourth-order valence-corrected chi connectivity index (χ4v) is 1.14. The minimum absolute atomic E-state index is 0.0309. The third-order valence-corrected chi connectivity index (χ3v) is 1.98.